The van der Waals surface area contributed by atoms with Crippen LogP contribution in [0.2, 0.25) is 0 Å². The molecule has 1 N–H and O–H groups in total. The predicted octanol–water partition coefficient (Wildman–Crippen LogP) is 5.31. The molecule has 8 nitrogen and oxygen atoms in total. The van der Waals surface area contributed by atoms with Crippen molar-refractivity contribution in [1.82, 2.24) is 19.9 Å². The van der Waals surface area contributed by atoms with E-state index in [1.807, 2.05) is 45.9 Å². The highest BCUT2D eigenvalue weighted by molar-refractivity contribution is 7.22. The van der Waals surface area contributed by atoms with E-state index in [2.05, 4.69) is 16.0 Å². The fourth-order valence-corrected chi connectivity index (χ4v) is 5.48. The number of rotatable bonds is 4. The van der Waals surface area contributed by atoms with Crippen LogP contribution in [0.4, 0.5) is 4.79 Å². The van der Waals surface area contributed by atoms with Gasteiger partial charge < -0.3 is 14.6 Å². The second-order valence-electron chi connectivity index (χ2n) is 9.51. The van der Waals surface area contributed by atoms with Gasteiger partial charge in [0.2, 0.25) is 5.88 Å². The first kappa shape index (κ1) is 22.3. The Hall–Kier alpha value is -3.46. The van der Waals surface area contributed by atoms with Gasteiger partial charge in [0, 0.05) is 23.1 Å². The van der Waals surface area contributed by atoms with Crippen molar-refractivity contribution in [3.63, 3.8) is 0 Å². The van der Waals surface area contributed by atoms with Crippen LogP contribution in [0.15, 0.2) is 30.5 Å². The molecular formula is C25H26N4O4S. The molecule has 1 unspecified atom stereocenters. The highest BCUT2D eigenvalue weighted by Gasteiger charge is 2.33. The number of benzene rings is 2. The van der Waals surface area contributed by atoms with Gasteiger partial charge in [0.1, 0.15) is 16.9 Å². The number of ether oxygens (including phenoxy) is 2. The highest BCUT2D eigenvalue weighted by atomic mass is 32.1. The van der Waals surface area contributed by atoms with Crippen LogP contribution < -0.4 is 9.47 Å². The Bertz CT molecular complexity index is 1430. The van der Waals surface area contributed by atoms with Crippen molar-refractivity contribution in [2.24, 2.45) is 0 Å². The van der Waals surface area contributed by atoms with Crippen LogP contribution in [-0.4, -0.2) is 56.3 Å². The van der Waals surface area contributed by atoms with Gasteiger partial charge in [-0.2, -0.15) is 0 Å². The van der Waals surface area contributed by atoms with Gasteiger partial charge in [-0.05, 0) is 57.5 Å². The maximum Gasteiger partial charge on any atom is 0.407 e. The van der Waals surface area contributed by atoms with Gasteiger partial charge in [0.25, 0.3) is 0 Å². The van der Waals surface area contributed by atoms with E-state index < -0.39 is 11.6 Å². The van der Waals surface area contributed by atoms with E-state index in [4.69, 9.17) is 14.5 Å². The summed E-state index contributed by atoms with van der Waals surface area (Å²) < 4.78 is 12.5. The quantitative estimate of drug-likeness (QED) is 0.425. The van der Waals surface area contributed by atoms with E-state index >= 15 is 0 Å². The van der Waals surface area contributed by atoms with Gasteiger partial charge in [-0.1, -0.05) is 0 Å². The minimum Gasteiger partial charge on any atom is -0.488 e. The minimum atomic E-state index is -0.943. The first-order chi connectivity index (χ1) is 16.1. The number of nitrogens with zero attached hydrogens (tertiary/aromatic N) is 4. The summed E-state index contributed by atoms with van der Waals surface area (Å²) in [6, 6.07) is 7.96. The lowest BCUT2D eigenvalue weighted by molar-refractivity contribution is 0.0708. The summed E-state index contributed by atoms with van der Waals surface area (Å²) in [6.07, 6.45) is 1.08. The van der Waals surface area contributed by atoms with Crippen LogP contribution in [0, 0.1) is 6.92 Å². The number of hydrogen-bond donors (Lipinski definition) is 1. The Morgan fingerprint density at radius 3 is 2.76 bits per heavy atom. The highest BCUT2D eigenvalue weighted by Crippen LogP contribution is 2.42. The number of carbonyl (C=O) groups is 1. The average Bonchev–Trinajstić information content (AvgIpc) is 3.38. The molecule has 0 spiro atoms. The summed E-state index contributed by atoms with van der Waals surface area (Å²) in [6.45, 7) is 8.00. The topological polar surface area (TPSA) is 97.7 Å². The van der Waals surface area contributed by atoms with E-state index in [1.165, 1.54) is 4.90 Å². The lowest BCUT2D eigenvalue weighted by Gasteiger charge is -2.34. The molecule has 1 aliphatic rings. The Morgan fingerprint density at radius 1 is 1.26 bits per heavy atom. The zero-order valence-corrected chi connectivity index (χ0v) is 20.6. The van der Waals surface area contributed by atoms with Crippen LogP contribution in [-0.2, 0) is 6.42 Å². The molecule has 3 heterocycles. The molecule has 1 atom stereocenters. The molecule has 4 aromatic rings. The van der Waals surface area contributed by atoms with E-state index in [0.717, 1.165) is 48.7 Å². The molecule has 0 aliphatic carbocycles. The number of thiazole rings is 1. The Labute approximate surface area is 201 Å². The van der Waals surface area contributed by atoms with Crippen LogP contribution >= 0.6 is 11.3 Å². The molecule has 9 heteroatoms. The normalized spacial score (nSPS) is 15.4. The van der Waals surface area contributed by atoms with Crippen molar-refractivity contribution >= 4 is 38.7 Å². The van der Waals surface area contributed by atoms with Gasteiger partial charge in [-0.15, -0.1) is 11.3 Å². The number of amides is 1. The average molecular weight is 479 g/mol. The second-order valence-corrected chi connectivity index (χ2v) is 10.5. The van der Waals surface area contributed by atoms with Crippen molar-refractivity contribution in [3.8, 4) is 22.2 Å². The van der Waals surface area contributed by atoms with Crippen LogP contribution in [0.5, 0.6) is 11.6 Å². The number of methoxy groups -OCH3 is 1. The molecule has 34 heavy (non-hydrogen) atoms. The van der Waals surface area contributed by atoms with Crippen molar-refractivity contribution in [3.05, 3.63) is 41.6 Å². The largest absolute Gasteiger partial charge is 0.488 e. The van der Waals surface area contributed by atoms with Crippen molar-refractivity contribution in [2.75, 3.05) is 13.7 Å². The van der Waals surface area contributed by atoms with Gasteiger partial charge in [0.15, 0.2) is 0 Å². The molecule has 0 bridgehead atoms. The summed E-state index contributed by atoms with van der Waals surface area (Å²) in [4.78, 5) is 27.3. The van der Waals surface area contributed by atoms with Gasteiger partial charge in [-0.3, -0.25) is 4.90 Å². The summed E-state index contributed by atoms with van der Waals surface area (Å²) in [5.74, 6) is 1.27. The molecule has 0 saturated heterocycles. The number of hydrogen-bond acceptors (Lipinski definition) is 7. The lowest BCUT2D eigenvalue weighted by atomic mass is 10.0. The first-order valence-corrected chi connectivity index (χ1v) is 11.9. The monoisotopic (exact) mass is 478 g/mol. The Balaban J connectivity index is 1.52. The van der Waals surface area contributed by atoms with Gasteiger partial charge >= 0.3 is 6.09 Å². The molecule has 1 aliphatic heterocycles. The summed E-state index contributed by atoms with van der Waals surface area (Å²) in [5.41, 5.74) is 5.00. The molecule has 2 aromatic carbocycles. The fourth-order valence-electron chi connectivity index (χ4n) is 4.35. The number of aryl methyl sites for hydroxylation is 1. The number of fused-ring (bicyclic) bond motifs is 4. The van der Waals surface area contributed by atoms with E-state index in [-0.39, 0.29) is 6.10 Å². The second kappa shape index (κ2) is 8.09. The zero-order valence-electron chi connectivity index (χ0n) is 19.7. The molecule has 0 saturated carbocycles. The van der Waals surface area contributed by atoms with Crippen LogP contribution in [0.25, 0.3) is 31.8 Å². The van der Waals surface area contributed by atoms with Crippen LogP contribution in [0.3, 0.4) is 0 Å². The van der Waals surface area contributed by atoms with Crippen molar-refractivity contribution in [1.29, 1.82) is 0 Å². The summed E-state index contributed by atoms with van der Waals surface area (Å²) in [7, 11) is 1.58. The molecule has 0 fully saturated rings. The third kappa shape index (κ3) is 3.90. The Morgan fingerprint density at radius 2 is 2.06 bits per heavy atom. The molecule has 5 rings (SSSR count). The molecule has 2 aromatic heterocycles. The third-order valence-corrected chi connectivity index (χ3v) is 7.14. The van der Waals surface area contributed by atoms with E-state index in [9.17, 15) is 9.90 Å². The van der Waals surface area contributed by atoms with E-state index in [1.54, 1.807) is 24.6 Å². The third-order valence-electron chi connectivity index (χ3n) is 5.98. The molecular weight excluding hydrogens is 452 g/mol. The van der Waals surface area contributed by atoms with Gasteiger partial charge in [0.05, 0.1) is 41.1 Å². The fraction of sp³-hybridized carbons (Fsp3) is 0.360. The summed E-state index contributed by atoms with van der Waals surface area (Å²) in [5, 5.41) is 10.5. The maximum atomic E-state index is 11.8. The number of carboxylic acid groups (broad SMARTS) is 1. The first-order valence-electron chi connectivity index (χ1n) is 11.1. The molecule has 0 radical (unpaired) electrons. The number of aromatic nitrogens is 3. The Kier molecular flexibility index (Phi) is 5.31. The summed E-state index contributed by atoms with van der Waals surface area (Å²) >= 11 is 1.60. The minimum absolute atomic E-state index is 0.236. The maximum absolute atomic E-state index is 11.8. The molecule has 1 amide bonds. The lowest BCUT2D eigenvalue weighted by Crippen LogP contribution is -2.49. The SMILES string of the molecule is COc1cnc2c(-c3nc4ccc5c(c4s3)CC(CN(C(=O)O)C(C)(C)C)O5)cc(C)cc2n1. The standard InChI is InChI=1S/C25H26N4O4S/c1-13-8-16(21-18(9-13)27-20(32-5)11-26-21)23-28-17-6-7-19-15(22(17)34-23)10-14(33-19)12-29(24(30)31)25(2,3)4/h6-9,11,14H,10,12H2,1-5H3,(H,30,31). The molecule has 176 valence electrons. The predicted molar refractivity (Wildman–Crippen MR) is 132 cm³/mol. The van der Waals surface area contributed by atoms with Crippen molar-refractivity contribution in [2.45, 2.75) is 45.8 Å². The smallest absolute Gasteiger partial charge is 0.407 e. The van der Waals surface area contributed by atoms with Gasteiger partial charge in [-0.25, -0.2) is 19.7 Å². The van der Waals surface area contributed by atoms with Crippen LogP contribution in [0.1, 0.15) is 31.9 Å². The zero-order chi connectivity index (χ0) is 24.2. The van der Waals surface area contributed by atoms with Crippen molar-refractivity contribution < 1.29 is 19.4 Å². The van der Waals surface area contributed by atoms with E-state index in [0.29, 0.717) is 18.8 Å².